The number of thioether (sulfide) groups is 2. The molecule has 0 saturated carbocycles. The van der Waals surface area contributed by atoms with E-state index in [1.54, 1.807) is 23.9 Å². The summed E-state index contributed by atoms with van der Waals surface area (Å²) in [5.41, 5.74) is 2.37. The van der Waals surface area contributed by atoms with Crippen molar-refractivity contribution in [3.63, 3.8) is 0 Å². The van der Waals surface area contributed by atoms with Gasteiger partial charge >= 0.3 is 0 Å². The maximum atomic E-state index is 12.3. The molecule has 1 atom stereocenters. The first-order valence-electron chi connectivity index (χ1n) is 7.36. The molecule has 0 spiro atoms. The summed E-state index contributed by atoms with van der Waals surface area (Å²) in [5, 5.41) is 6.73. The minimum Gasteiger partial charge on any atom is -0.473 e. The molecular formula is C15H15N3O3S2. The quantitative estimate of drug-likeness (QED) is 0.909. The van der Waals surface area contributed by atoms with Crippen molar-refractivity contribution < 1.29 is 14.1 Å². The first-order chi connectivity index (χ1) is 11.3. The number of aromatic nitrogens is 2. The lowest BCUT2D eigenvalue weighted by Crippen LogP contribution is -2.16. The zero-order valence-corrected chi connectivity index (χ0v) is 13.9. The Morgan fingerprint density at radius 3 is 3.09 bits per heavy atom. The van der Waals surface area contributed by atoms with Gasteiger partial charge in [0.05, 0.1) is 16.8 Å². The first-order valence-corrected chi connectivity index (χ1v) is 9.67. The molecule has 23 heavy (non-hydrogen) atoms. The summed E-state index contributed by atoms with van der Waals surface area (Å²) in [5.74, 6) is 4.53. The van der Waals surface area contributed by atoms with E-state index >= 15 is 0 Å². The molecule has 2 aromatic rings. The third-order valence-electron chi connectivity index (χ3n) is 3.76. The summed E-state index contributed by atoms with van der Waals surface area (Å²) < 4.78 is 11.0. The minimum absolute atomic E-state index is 0.224. The lowest BCUT2D eigenvalue weighted by molar-refractivity contribution is 0.102. The topological polar surface area (TPSA) is 77.2 Å². The minimum atomic E-state index is -0.253. The van der Waals surface area contributed by atoms with Gasteiger partial charge in [0.25, 0.3) is 5.91 Å². The number of anilines is 1. The van der Waals surface area contributed by atoms with Gasteiger partial charge in [0, 0.05) is 29.5 Å². The van der Waals surface area contributed by atoms with E-state index < -0.39 is 0 Å². The lowest BCUT2D eigenvalue weighted by atomic mass is 10.2. The fourth-order valence-corrected chi connectivity index (χ4v) is 4.61. The molecule has 1 N–H and O–H groups in total. The van der Waals surface area contributed by atoms with Crippen LogP contribution in [0.2, 0.25) is 0 Å². The van der Waals surface area contributed by atoms with Gasteiger partial charge in [-0.3, -0.25) is 10.1 Å². The first kappa shape index (κ1) is 14.9. The van der Waals surface area contributed by atoms with Crippen LogP contribution in [0.5, 0.6) is 5.88 Å². The van der Waals surface area contributed by atoms with Crippen LogP contribution < -0.4 is 10.1 Å². The van der Waals surface area contributed by atoms with E-state index in [1.807, 2.05) is 11.8 Å². The Kier molecular flexibility index (Phi) is 4.17. The maximum Gasteiger partial charge on any atom is 0.259 e. The van der Waals surface area contributed by atoms with Crippen molar-refractivity contribution in [3.8, 4) is 5.88 Å². The van der Waals surface area contributed by atoms with Crippen molar-refractivity contribution >= 4 is 35.3 Å². The van der Waals surface area contributed by atoms with Crippen molar-refractivity contribution in [2.24, 2.45) is 0 Å². The average Bonchev–Trinajstić information content (AvgIpc) is 3.28. The Bertz CT molecular complexity index is 711. The van der Waals surface area contributed by atoms with E-state index in [4.69, 9.17) is 9.26 Å². The number of ether oxygens (including phenoxy) is 1. The van der Waals surface area contributed by atoms with Gasteiger partial charge < -0.3 is 9.26 Å². The summed E-state index contributed by atoms with van der Waals surface area (Å²) in [4.78, 5) is 16.5. The highest BCUT2D eigenvalue weighted by atomic mass is 32.2. The molecule has 0 bridgehead atoms. The lowest BCUT2D eigenvalue weighted by Gasteiger charge is -2.11. The van der Waals surface area contributed by atoms with Crippen molar-refractivity contribution in [2.75, 3.05) is 16.8 Å². The van der Waals surface area contributed by atoms with Gasteiger partial charge in [-0.05, 0) is 18.2 Å². The van der Waals surface area contributed by atoms with Crippen molar-refractivity contribution in [1.82, 2.24) is 10.1 Å². The Hall–Kier alpha value is -1.67. The molecule has 120 valence electrons. The van der Waals surface area contributed by atoms with Gasteiger partial charge in [-0.1, -0.05) is 5.16 Å². The second-order valence-corrected chi connectivity index (χ2v) is 7.51. The van der Waals surface area contributed by atoms with Gasteiger partial charge in [-0.15, -0.1) is 0 Å². The number of rotatable bonds is 4. The van der Waals surface area contributed by atoms with Crippen LogP contribution in [-0.2, 0) is 11.5 Å². The smallest absolute Gasteiger partial charge is 0.259 e. The number of nitrogens with zero attached hydrogens (tertiary/aromatic N) is 2. The monoisotopic (exact) mass is 349 g/mol. The van der Waals surface area contributed by atoms with Crippen LogP contribution in [0.4, 0.5) is 5.88 Å². The molecule has 0 aromatic carbocycles. The Balaban J connectivity index is 1.41. The third-order valence-corrected chi connectivity index (χ3v) is 5.86. The van der Waals surface area contributed by atoms with Crippen LogP contribution in [0.25, 0.3) is 0 Å². The molecule has 0 aliphatic carbocycles. The number of fused-ring (bicyclic) bond motifs is 1. The zero-order valence-electron chi connectivity index (χ0n) is 12.3. The summed E-state index contributed by atoms with van der Waals surface area (Å²) in [7, 11) is 0. The van der Waals surface area contributed by atoms with E-state index in [1.165, 1.54) is 6.20 Å². The van der Waals surface area contributed by atoms with E-state index in [9.17, 15) is 4.79 Å². The summed E-state index contributed by atoms with van der Waals surface area (Å²) in [6, 6.07) is 3.45. The number of pyridine rings is 1. The van der Waals surface area contributed by atoms with Crippen LogP contribution in [0.3, 0.4) is 0 Å². The fraction of sp³-hybridized carbons (Fsp3) is 0.400. The predicted octanol–water partition coefficient (Wildman–Crippen LogP) is 2.95. The average molecular weight is 349 g/mol. The molecule has 1 fully saturated rings. The Morgan fingerprint density at radius 2 is 2.30 bits per heavy atom. The van der Waals surface area contributed by atoms with Crippen LogP contribution in [0.15, 0.2) is 22.9 Å². The van der Waals surface area contributed by atoms with E-state index in [0.717, 1.165) is 40.7 Å². The second kappa shape index (κ2) is 6.45. The molecular weight excluding hydrogens is 334 g/mol. The number of amides is 1. The van der Waals surface area contributed by atoms with Crippen LogP contribution in [0.1, 0.15) is 28.0 Å². The molecule has 4 heterocycles. The Morgan fingerprint density at radius 1 is 1.35 bits per heavy atom. The second-order valence-electron chi connectivity index (χ2n) is 5.37. The summed E-state index contributed by atoms with van der Waals surface area (Å²) >= 11 is 3.65. The van der Waals surface area contributed by atoms with E-state index in [0.29, 0.717) is 17.3 Å². The number of carbonyl (C=O) groups excluding carboxylic acids is 1. The van der Waals surface area contributed by atoms with E-state index in [-0.39, 0.29) is 12.0 Å². The highest BCUT2D eigenvalue weighted by Gasteiger charge is 2.23. The summed E-state index contributed by atoms with van der Waals surface area (Å²) in [6.45, 7) is 0. The SMILES string of the molecule is O=C(Nc1onc2c1CSC2)c1ccc(OC2CCSC2)nc1. The number of hydrogen-bond donors (Lipinski definition) is 1. The van der Waals surface area contributed by atoms with Crippen LogP contribution >= 0.6 is 23.5 Å². The van der Waals surface area contributed by atoms with Gasteiger partial charge in [0.2, 0.25) is 11.8 Å². The van der Waals surface area contributed by atoms with Crippen LogP contribution in [0, 0.1) is 0 Å². The van der Waals surface area contributed by atoms with E-state index in [2.05, 4.69) is 15.5 Å². The molecule has 1 saturated heterocycles. The Labute approximate surface area is 141 Å². The number of nitrogens with one attached hydrogen (secondary N) is 1. The summed E-state index contributed by atoms with van der Waals surface area (Å²) in [6.07, 6.45) is 2.79. The molecule has 2 aliphatic heterocycles. The number of hydrogen-bond acceptors (Lipinski definition) is 7. The molecule has 2 aliphatic rings. The zero-order chi connectivity index (χ0) is 15.6. The molecule has 0 radical (unpaired) electrons. The normalized spacial score (nSPS) is 19.6. The standard InChI is InChI=1S/C15H15N3O3S2/c19-14(17-15-11-7-23-8-12(11)18-21-15)9-1-2-13(16-5-9)20-10-3-4-22-6-10/h1-2,5,10H,3-4,6-8H2,(H,17,19). The molecule has 2 aromatic heterocycles. The van der Waals surface area contributed by atoms with Crippen molar-refractivity contribution in [2.45, 2.75) is 24.0 Å². The molecule has 8 heteroatoms. The molecule has 6 nitrogen and oxygen atoms in total. The van der Waals surface area contributed by atoms with Gasteiger partial charge in [0.1, 0.15) is 6.10 Å². The molecule has 1 amide bonds. The van der Waals surface area contributed by atoms with Crippen molar-refractivity contribution in [1.29, 1.82) is 0 Å². The maximum absolute atomic E-state index is 12.3. The third kappa shape index (κ3) is 3.18. The van der Waals surface area contributed by atoms with Gasteiger partial charge in [-0.25, -0.2) is 4.98 Å². The van der Waals surface area contributed by atoms with Crippen LogP contribution in [-0.4, -0.2) is 33.7 Å². The largest absolute Gasteiger partial charge is 0.473 e. The highest BCUT2D eigenvalue weighted by molar-refractivity contribution is 7.99. The van der Waals surface area contributed by atoms with Gasteiger partial charge in [0.15, 0.2) is 0 Å². The highest BCUT2D eigenvalue weighted by Crippen LogP contribution is 2.34. The molecule has 1 unspecified atom stereocenters. The molecule has 4 rings (SSSR count). The number of carbonyl (C=O) groups is 1. The van der Waals surface area contributed by atoms with Crippen molar-refractivity contribution in [3.05, 3.63) is 35.2 Å². The predicted molar refractivity (Wildman–Crippen MR) is 90.1 cm³/mol. The van der Waals surface area contributed by atoms with Gasteiger partial charge in [-0.2, -0.15) is 23.5 Å². The fourth-order valence-electron chi connectivity index (χ4n) is 2.49.